The Labute approximate surface area is 110 Å². The van der Waals surface area contributed by atoms with Crippen LogP contribution < -0.4 is 0 Å². The van der Waals surface area contributed by atoms with Gasteiger partial charge in [-0.05, 0) is 30.7 Å². The van der Waals surface area contributed by atoms with E-state index < -0.39 is 0 Å². The Hall–Kier alpha value is -0.670. The van der Waals surface area contributed by atoms with Crippen molar-refractivity contribution in [2.45, 2.75) is 25.3 Å². The molecule has 4 heteroatoms. The van der Waals surface area contributed by atoms with E-state index in [1.807, 2.05) is 11.8 Å². The van der Waals surface area contributed by atoms with E-state index in [-0.39, 0.29) is 0 Å². The van der Waals surface area contributed by atoms with Gasteiger partial charge in [-0.3, -0.25) is 0 Å². The number of aryl methyl sites for hydroxylation is 1. The molecule has 1 aliphatic heterocycles. The van der Waals surface area contributed by atoms with Gasteiger partial charge < -0.3 is 4.57 Å². The van der Waals surface area contributed by atoms with Gasteiger partial charge in [0.25, 0.3) is 0 Å². The van der Waals surface area contributed by atoms with Gasteiger partial charge in [-0.25, -0.2) is 4.98 Å². The molecule has 0 amide bonds. The minimum Gasteiger partial charge on any atom is -0.323 e. The van der Waals surface area contributed by atoms with Crippen molar-refractivity contribution < 1.29 is 0 Å². The summed E-state index contributed by atoms with van der Waals surface area (Å²) in [6.07, 6.45) is 1.23. The highest BCUT2D eigenvalue weighted by atomic mass is 35.5. The van der Waals surface area contributed by atoms with Crippen LogP contribution in [0, 0.1) is 6.92 Å². The summed E-state index contributed by atoms with van der Waals surface area (Å²) in [6, 6.07) is 6.95. The molecule has 2 aromatic rings. The number of hydrogen-bond acceptors (Lipinski definition) is 2. The number of aromatic nitrogens is 2. The molecule has 2 nitrogen and oxygen atoms in total. The average molecular weight is 267 g/mol. The first-order chi connectivity index (χ1) is 8.31. The Kier molecular flexibility index (Phi) is 3.05. The van der Waals surface area contributed by atoms with Gasteiger partial charge in [0.15, 0.2) is 0 Å². The van der Waals surface area contributed by atoms with E-state index in [0.29, 0.717) is 11.9 Å². The van der Waals surface area contributed by atoms with Gasteiger partial charge in [-0.15, -0.1) is 11.6 Å². The monoisotopic (exact) mass is 266 g/mol. The molecule has 0 radical (unpaired) electrons. The Morgan fingerprint density at radius 2 is 2.41 bits per heavy atom. The smallest absolute Gasteiger partial charge is 0.125 e. The second kappa shape index (κ2) is 4.54. The SMILES string of the molecule is Cc1cccc2c1nc(CCl)n2C1CCSC1. The summed E-state index contributed by atoms with van der Waals surface area (Å²) < 4.78 is 2.36. The summed E-state index contributed by atoms with van der Waals surface area (Å²) in [7, 11) is 0. The Bertz CT molecular complexity index is 544. The molecule has 1 unspecified atom stereocenters. The highest BCUT2D eigenvalue weighted by Crippen LogP contribution is 2.33. The van der Waals surface area contributed by atoms with Crippen LogP contribution in [0.25, 0.3) is 11.0 Å². The lowest BCUT2D eigenvalue weighted by Gasteiger charge is -2.14. The fraction of sp³-hybridized carbons (Fsp3) is 0.462. The fourth-order valence-electron chi connectivity index (χ4n) is 2.53. The number of fused-ring (bicyclic) bond motifs is 1. The van der Waals surface area contributed by atoms with Crippen LogP contribution in [-0.2, 0) is 5.88 Å². The molecule has 0 N–H and O–H groups in total. The zero-order chi connectivity index (χ0) is 11.8. The van der Waals surface area contributed by atoms with Gasteiger partial charge in [-0.1, -0.05) is 12.1 Å². The van der Waals surface area contributed by atoms with Gasteiger partial charge in [0.1, 0.15) is 5.82 Å². The zero-order valence-corrected chi connectivity index (χ0v) is 11.4. The average Bonchev–Trinajstić information content (AvgIpc) is 2.94. The Morgan fingerprint density at radius 1 is 1.53 bits per heavy atom. The highest BCUT2D eigenvalue weighted by molar-refractivity contribution is 7.99. The van der Waals surface area contributed by atoms with E-state index in [1.54, 1.807) is 0 Å². The third-order valence-corrected chi connectivity index (χ3v) is 4.77. The predicted octanol–water partition coefficient (Wildman–Crippen LogP) is 3.76. The molecule has 0 aliphatic carbocycles. The third-order valence-electron chi connectivity index (χ3n) is 3.39. The van der Waals surface area contributed by atoms with Crippen molar-refractivity contribution in [3.63, 3.8) is 0 Å². The molecule has 1 saturated heterocycles. The minimum absolute atomic E-state index is 0.495. The summed E-state index contributed by atoms with van der Waals surface area (Å²) >= 11 is 8.06. The molecule has 0 bridgehead atoms. The molecule has 1 aromatic carbocycles. The number of alkyl halides is 1. The molecular weight excluding hydrogens is 252 g/mol. The number of rotatable bonds is 2. The molecule has 90 valence electrons. The summed E-state index contributed by atoms with van der Waals surface area (Å²) in [5.74, 6) is 3.94. The van der Waals surface area contributed by atoms with Gasteiger partial charge in [0.2, 0.25) is 0 Å². The van der Waals surface area contributed by atoms with Gasteiger partial charge in [0.05, 0.1) is 16.9 Å². The van der Waals surface area contributed by atoms with Crippen LogP contribution in [0.4, 0.5) is 0 Å². The molecular formula is C13H15ClN2S. The van der Waals surface area contributed by atoms with Gasteiger partial charge in [0, 0.05) is 11.8 Å². The normalized spacial score (nSPS) is 20.2. The Balaban J connectivity index is 2.22. The van der Waals surface area contributed by atoms with E-state index in [9.17, 15) is 0 Å². The number of imidazole rings is 1. The molecule has 1 atom stereocenters. The van der Waals surface area contributed by atoms with Crippen molar-refractivity contribution in [3.05, 3.63) is 29.6 Å². The van der Waals surface area contributed by atoms with Crippen LogP contribution in [0.1, 0.15) is 23.9 Å². The lowest BCUT2D eigenvalue weighted by Crippen LogP contribution is -2.10. The fourth-order valence-corrected chi connectivity index (χ4v) is 3.91. The molecule has 1 aromatic heterocycles. The predicted molar refractivity (Wildman–Crippen MR) is 75.0 cm³/mol. The maximum absolute atomic E-state index is 6.04. The Morgan fingerprint density at radius 3 is 3.12 bits per heavy atom. The minimum atomic E-state index is 0.495. The third kappa shape index (κ3) is 1.85. The van der Waals surface area contributed by atoms with Crippen LogP contribution >= 0.6 is 23.4 Å². The highest BCUT2D eigenvalue weighted by Gasteiger charge is 2.22. The molecule has 17 heavy (non-hydrogen) atoms. The summed E-state index contributed by atoms with van der Waals surface area (Å²) in [5, 5.41) is 0. The van der Waals surface area contributed by atoms with Gasteiger partial charge in [-0.2, -0.15) is 11.8 Å². The van der Waals surface area contributed by atoms with E-state index in [2.05, 4.69) is 29.7 Å². The van der Waals surface area contributed by atoms with Crippen LogP contribution in [0.5, 0.6) is 0 Å². The standard InChI is InChI=1S/C13H15ClN2S/c1-9-3-2-4-11-13(9)15-12(7-14)16(11)10-5-6-17-8-10/h2-4,10H,5-8H2,1H3. The maximum Gasteiger partial charge on any atom is 0.125 e. The second-order valence-corrected chi connectivity index (χ2v) is 5.91. The molecule has 0 saturated carbocycles. The topological polar surface area (TPSA) is 17.8 Å². The van der Waals surface area contributed by atoms with E-state index in [1.165, 1.54) is 29.0 Å². The summed E-state index contributed by atoms with van der Waals surface area (Å²) in [6.45, 7) is 2.11. The van der Waals surface area contributed by atoms with E-state index >= 15 is 0 Å². The van der Waals surface area contributed by atoms with Crippen LogP contribution in [0.2, 0.25) is 0 Å². The number of halogens is 1. The molecule has 2 heterocycles. The van der Waals surface area contributed by atoms with Crippen molar-refractivity contribution in [2.24, 2.45) is 0 Å². The lowest BCUT2D eigenvalue weighted by atomic mass is 10.2. The molecule has 0 spiro atoms. The van der Waals surface area contributed by atoms with Crippen molar-refractivity contribution in [1.29, 1.82) is 0 Å². The van der Waals surface area contributed by atoms with Crippen molar-refractivity contribution in [3.8, 4) is 0 Å². The summed E-state index contributed by atoms with van der Waals surface area (Å²) in [4.78, 5) is 4.70. The molecule has 1 aliphatic rings. The van der Waals surface area contributed by atoms with Crippen LogP contribution in [0.3, 0.4) is 0 Å². The quantitative estimate of drug-likeness (QED) is 0.771. The number of thioether (sulfide) groups is 1. The zero-order valence-electron chi connectivity index (χ0n) is 9.82. The lowest BCUT2D eigenvalue weighted by molar-refractivity contribution is 0.558. The number of hydrogen-bond donors (Lipinski definition) is 0. The first kappa shape index (κ1) is 11.4. The van der Waals surface area contributed by atoms with Crippen LogP contribution in [-0.4, -0.2) is 21.1 Å². The second-order valence-electron chi connectivity index (χ2n) is 4.49. The molecule has 3 rings (SSSR count). The first-order valence-electron chi connectivity index (χ1n) is 5.91. The number of benzene rings is 1. The van der Waals surface area contributed by atoms with E-state index in [0.717, 1.165) is 11.3 Å². The van der Waals surface area contributed by atoms with Gasteiger partial charge >= 0.3 is 0 Å². The first-order valence-corrected chi connectivity index (χ1v) is 7.60. The van der Waals surface area contributed by atoms with Crippen LogP contribution in [0.15, 0.2) is 18.2 Å². The van der Waals surface area contributed by atoms with Crippen molar-refractivity contribution in [1.82, 2.24) is 9.55 Å². The largest absolute Gasteiger partial charge is 0.323 e. The van der Waals surface area contributed by atoms with Crippen molar-refractivity contribution in [2.75, 3.05) is 11.5 Å². The molecule has 1 fully saturated rings. The maximum atomic E-state index is 6.04. The number of para-hydroxylation sites is 1. The van der Waals surface area contributed by atoms with Crippen molar-refractivity contribution >= 4 is 34.4 Å². The number of nitrogens with zero attached hydrogens (tertiary/aromatic N) is 2. The summed E-state index contributed by atoms with van der Waals surface area (Å²) in [5.41, 5.74) is 3.59. The van der Waals surface area contributed by atoms with E-state index in [4.69, 9.17) is 16.6 Å².